The van der Waals surface area contributed by atoms with Crippen molar-refractivity contribution in [3.05, 3.63) is 28.8 Å². The summed E-state index contributed by atoms with van der Waals surface area (Å²) in [5.74, 6) is 1.10. The van der Waals surface area contributed by atoms with Gasteiger partial charge in [0.15, 0.2) is 6.29 Å². The van der Waals surface area contributed by atoms with Gasteiger partial charge in [-0.25, -0.2) is 0 Å². The van der Waals surface area contributed by atoms with Crippen molar-refractivity contribution in [3.8, 4) is 5.75 Å². The summed E-state index contributed by atoms with van der Waals surface area (Å²) < 4.78 is 42.8. The Morgan fingerprint density at radius 2 is 1.72 bits per heavy atom. The van der Waals surface area contributed by atoms with Crippen molar-refractivity contribution in [1.29, 1.82) is 0 Å². The molecule has 2 saturated carbocycles. The number of likely N-dealkylation sites (tertiary alicyclic amines) is 1. The van der Waals surface area contributed by atoms with Gasteiger partial charge in [0, 0.05) is 6.04 Å². The van der Waals surface area contributed by atoms with Crippen LogP contribution in [-0.4, -0.2) is 37.4 Å². The number of methoxy groups -OCH3 is 1. The fourth-order valence-corrected chi connectivity index (χ4v) is 5.12. The molecule has 3 nitrogen and oxygen atoms in total. The number of aldehydes is 1. The van der Waals surface area contributed by atoms with E-state index in [2.05, 4.69) is 11.8 Å². The predicted octanol–water partition coefficient (Wildman–Crippen LogP) is 7.48. The van der Waals surface area contributed by atoms with Gasteiger partial charge in [0.05, 0.1) is 18.2 Å². The Hall–Kier alpha value is -1.56. The van der Waals surface area contributed by atoms with Crippen molar-refractivity contribution in [3.63, 3.8) is 0 Å². The lowest BCUT2D eigenvalue weighted by Gasteiger charge is -2.28. The summed E-state index contributed by atoms with van der Waals surface area (Å²) in [7, 11) is 1.26. The maximum Gasteiger partial charge on any atom is 0.416 e. The van der Waals surface area contributed by atoms with Gasteiger partial charge in [-0.1, -0.05) is 33.6 Å². The number of ether oxygens (including phenoxy) is 1. The molecule has 6 heteroatoms. The minimum Gasteiger partial charge on any atom is -0.496 e. The average Bonchev–Trinajstić information content (AvgIpc) is 3.29. The van der Waals surface area contributed by atoms with Gasteiger partial charge in [0.1, 0.15) is 5.75 Å². The van der Waals surface area contributed by atoms with E-state index in [1.165, 1.54) is 65.1 Å². The highest BCUT2D eigenvalue weighted by atomic mass is 19.4. The summed E-state index contributed by atoms with van der Waals surface area (Å²) in [5, 5.41) is 0. The van der Waals surface area contributed by atoms with Crippen LogP contribution in [0.1, 0.15) is 106 Å². The Morgan fingerprint density at radius 3 is 2.22 bits per heavy atom. The maximum atomic E-state index is 12.7. The largest absolute Gasteiger partial charge is 0.496 e. The van der Waals surface area contributed by atoms with Crippen LogP contribution < -0.4 is 4.74 Å². The molecule has 2 unspecified atom stereocenters. The highest BCUT2D eigenvalue weighted by molar-refractivity contribution is 5.82. The van der Waals surface area contributed by atoms with Gasteiger partial charge >= 0.3 is 6.18 Å². The van der Waals surface area contributed by atoms with E-state index in [1.807, 2.05) is 13.8 Å². The number of carbonyl (C=O) groups is 1. The molecular formula is C26H40F3NO2. The Morgan fingerprint density at radius 1 is 1.06 bits per heavy atom. The van der Waals surface area contributed by atoms with Gasteiger partial charge in [-0.3, -0.25) is 4.79 Å². The standard InChI is InChI=1S/C12H11F3O2.C12H23N.C2H6/c1-17-11-5-8(12(13,14)15)4-9(7-2-3-7)10(11)6-16;1-2-6-11-7-5-8-12(11)13-9-3-4-10-13;1-2/h4-7H,2-3H2,1H3;11-12H,2-10H2,1H3;1-2H3. The molecule has 32 heavy (non-hydrogen) atoms. The van der Waals surface area contributed by atoms with Crippen molar-refractivity contribution in [1.82, 2.24) is 4.90 Å². The number of benzene rings is 1. The zero-order valence-corrected chi connectivity index (χ0v) is 20.1. The van der Waals surface area contributed by atoms with Crippen LogP contribution in [0.2, 0.25) is 0 Å². The molecule has 0 aromatic heterocycles. The average molecular weight is 456 g/mol. The van der Waals surface area contributed by atoms with Gasteiger partial charge in [-0.2, -0.15) is 13.2 Å². The van der Waals surface area contributed by atoms with Gasteiger partial charge in [0.2, 0.25) is 0 Å². The summed E-state index contributed by atoms with van der Waals surface area (Å²) in [6, 6.07) is 2.90. The third-order valence-corrected chi connectivity index (χ3v) is 6.74. The fraction of sp³-hybridized carbons (Fsp3) is 0.731. The molecule has 1 aromatic carbocycles. The number of alkyl halides is 3. The maximum absolute atomic E-state index is 12.7. The molecule has 3 fully saturated rings. The number of hydrogen-bond donors (Lipinski definition) is 0. The van der Waals surface area contributed by atoms with Gasteiger partial charge in [0.25, 0.3) is 0 Å². The second-order valence-corrected chi connectivity index (χ2v) is 8.86. The Labute approximate surface area is 191 Å². The zero-order chi connectivity index (χ0) is 23.7. The summed E-state index contributed by atoms with van der Waals surface area (Å²) in [6.07, 6.45) is 8.05. The monoisotopic (exact) mass is 455 g/mol. The van der Waals surface area contributed by atoms with Crippen LogP contribution in [0.25, 0.3) is 0 Å². The Balaban J connectivity index is 0.000000217. The molecule has 0 bridgehead atoms. The third kappa shape index (κ3) is 6.97. The SMILES string of the molecule is CC.CCCC1CCCC1N1CCCC1.COc1cc(C(F)(F)F)cc(C2CC2)c1C=O. The number of carbonyl (C=O) groups excluding carboxylic acids is 1. The molecule has 1 aliphatic heterocycles. The molecule has 0 spiro atoms. The second-order valence-electron chi connectivity index (χ2n) is 8.86. The van der Waals surface area contributed by atoms with Crippen LogP contribution in [0.3, 0.4) is 0 Å². The van der Waals surface area contributed by atoms with E-state index >= 15 is 0 Å². The van der Waals surface area contributed by atoms with Gasteiger partial charge in [-0.05, 0) is 87.6 Å². The van der Waals surface area contributed by atoms with Crippen LogP contribution in [-0.2, 0) is 6.18 Å². The van der Waals surface area contributed by atoms with Gasteiger partial charge in [-0.15, -0.1) is 0 Å². The Kier molecular flexibility index (Phi) is 10.5. The first-order chi connectivity index (χ1) is 15.4. The fourth-order valence-electron chi connectivity index (χ4n) is 5.12. The quantitative estimate of drug-likeness (QED) is 0.416. The van der Waals surface area contributed by atoms with E-state index < -0.39 is 11.7 Å². The van der Waals surface area contributed by atoms with Crippen LogP contribution in [0.4, 0.5) is 13.2 Å². The van der Waals surface area contributed by atoms with E-state index in [4.69, 9.17) is 4.74 Å². The summed E-state index contributed by atoms with van der Waals surface area (Å²) >= 11 is 0. The molecule has 182 valence electrons. The lowest BCUT2D eigenvalue weighted by Crippen LogP contribution is -2.35. The second kappa shape index (κ2) is 12.6. The van der Waals surface area contributed by atoms with Crippen molar-refractivity contribution >= 4 is 6.29 Å². The summed E-state index contributed by atoms with van der Waals surface area (Å²) in [5.41, 5.74) is -0.0727. The highest BCUT2D eigenvalue weighted by Gasteiger charge is 2.36. The normalized spacial score (nSPS) is 23.1. The molecule has 2 aliphatic carbocycles. The van der Waals surface area contributed by atoms with E-state index in [-0.39, 0.29) is 17.2 Å². The van der Waals surface area contributed by atoms with E-state index in [0.29, 0.717) is 11.8 Å². The molecule has 3 aliphatic rings. The topological polar surface area (TPSA) is 29.5 Å². The lowest BCUT2D eigenvalue weighted by atomic mass is 9.97. The molecule has 1 heterocycles. The van der Waals surface area contributed by atoms with Crippen LogP contribution in [0.15, 0.2) is 12.1 Å². The molecule has 1 aromatic rings. The van der Waals surface area contributed by atoms with Crippen LogP contribution in [0, 0.1) is 5.92 Å². The number of nitrogens with zero attached hydrogens (tertiary/aromatic N) is 1. The van der Waals surface area contributed by atoms with E-state index in [0.717, 1.165) is 36.9 Å². The number of hydrogen-bond acceptors (Lipinski definition) is 3. The first-order valence-electron chi connectivity index (χ1n) is 12.4. The first-order valence-corrected chi connectivity index (χ1v) is 12.4. The smallest absolute Gasteiger partial charge is 0.416 e. The van der Waals surface area contributed by atoms with Crippen molar-refractivity contribution in [2.24, 2.45) is 5.92 Å². The number of halogens is 3. The minimum absolute atomic E-state index is 0.00303. The van der Waals surface area contributed by atoms with Crippen molar-refractivity contribution in [2.75, 3.05) is 20.2 Å². The lowest BCUT2D eigenvalue weighted by molar-refractivity contribution is -0.137. The highest BCUT2D eigenvalue weighted by Crippen LogP contribution is 2.45. The van der Waals surface area contributed by atoms with E-state index in [9.17, 15) is 18.0 Å². The minimum atomic E-state index is -4.42. The Bertz CT molecular complexity index is 710. The third-order valence-electron chi connectivity index (χ3n) is 6.74. The molecule has 0 amide bonds. The van der Waals surface area contributed by atoms with Crippen molar-refractivity contribution < 1.29 is 22.7 Å². The molecule has 2 atom stereocenters. The first kappa shape index (κ1) is 26.7. The van der Waals surface area contributed by atoms with Crippen molar-refractivity contribution in [2.45, 2.75) is 96.7 Å². The predicted molar refractivity (Wildman–Crippen MR) is 124 cm³/mol. The molecule has 4 rings (SSSR count). The molecule has 0 N–H and O–H groups in total. The molecule has 0 radical (unpaired) electrons. The van der Waals surface area contributed by atoms with Gasteiger partial charge < -0.3 is 9.64 Å². The molecule has 1 saturated heterocycles. The summed E-state index contributed by atoms with van der Waals surface area (Å²) in [6.45, 7) is 9.12. The summed E-state index contributed by atoms with van der Waals surface area (Å²) in [4.78, 5) is 13.7. The van der Waals surface area contributed by atoms with E-state index in [1.54, 1.807) is 0 Å². The molecular weight excluding hydrogens is 415 g/mol. The van der Waals surface area contributed by atoms with Crippen LogP contribution in [0.5, 0.6) is 5.75 Å². The van der Waals surface area contributed by atoms with Crippen LogP contribution >= 0.6 is 0 Å². The zero-order valence-electron chi connectivity index (χ0n) is 20.1. The number of rotatable bonds is 6.